The van der Waals surface area contributed by atoms with E-state index in [2.05, 4.69) is 10.3 Å². The van der Waals surface area contributed by atoms with E-state index < -0.39 is 5.97 Å². The van der Waals surface area contributed by atoms with E-state index in [-0.39, 0.29) is 11.4 Å². The first-order valence-electron chi connectivity index (χ1n) is 5.50. The first-order chi connectivity index (χ1) is 8.99. The Balaban J connectivity index is 2.47. The van der Waals surface area contributed by atoms with E-state index >= 15 is 0 Å². The van der Waals surface area contributed by atoms with Crippen LogP contribution in [-0.2, 0) is 0 Å². The van der Waals surface area contributed by atoms with Crippen LogP contribution in [0.1, 0.15) is 15.9 Å². The SMILES string of the molecule is Cc1cccc(Cl)c1Nc1cnc(N)cc1C(=O)O. The molecule has 0 aliphatic heterocycles. The molecule has 98 valence electrons. The number of pyridine rings is 1. The zero-order chi connectivity index (χ0) is 14.0. The summed E-state index contributed by atoms with van der Waals surface area (Å²) in [5.41, 5.74) is 7.44. The second-order valence-electron chi connectivity index (χ2n) is 4.02. The molecule has 0 radical (unpaired) electrons. The molecule has 4 N–H and O–H groups in total. The van der Waals surface area contributed by atoms with Gasteiger partial charge in [0.25, 0.3) is 0 Å². The number of benzene rings is 1. The number of hydrogen-bond acceptors (Lipinski definition) is 4. The third-order valence-corrected chi connectivity index (χ3v) is 2.95. The molecule has 0 amide bonds. The molecule has 1 heterocycles. The Morgan fingerprint density at radius 3 is 2.84 bits per heavy atom. The van der Waals surface area contributed by atoms with Gasteiger partial charge in [0.05, 0.1) is 28.2 Å². The number of anilines is 3. The third-order valence-electron chi connectivity index (χ3n) is 2.64. The molecule has 5 nitrogen and oxygen atoms in total. The Morgan fingerprint density at radius 2 is 2.21 bits per heavy atom. The molecule has 0 atom stereocenters. The predicted octanol–water partition coefficient (Wildman–Crippen LogP) is 3.07. The number of aromatic carboxylic acids is 1. The maximum absolute atomic E-state index is 11.2. The summed E-state index contributed by atoms with van der Waals surface area (Å²) in [5, 5.41) is 12.6. The van der Waals surface area contributed by atoms with Crippen molar-refractivity contribution in [3.05, 3.63) is 46.6 Å². The van der Waals surface area contributed by atoms with Gasteiger partial charge in [-0.05, 0) is 24.6 Å². The van der Waals surface area contributed by atoms with Crippen molar-refractivity contribution in [2.24, 2.45) is 0 Å². The molecule has 1 aromatic carbocycles. The molecule has 0 saturated carbocycles. The van der Waals surface area contributed by atoms with Crippen LogP contribution in [0.2, 0.25) is 5.02 Å². The number of carboxylic acid groups (broad SMARTS) is 1. The average Bonchev–Trinajstić information content (AvgIpc) is 2.35. The molecule has 2 aromatic rings. The molecule has 19 heavy (non-hydrogen) atoms. The molecular formula is C13H12ClN3O2. The van der Waals surface area contributed by atoms with E-state index in [1.165, 1.54) is 12.3 Å². The summed E-state index contributed by atoms with van der Waals surface area (Å²) in [4.78, 5) is 15.1. The van der Waals surface area contributed by atoms with Crippen LogP contribution in [-0.4, -0.2) is 16.1 Å². The maximum Gasteiger partial charge on any atom is 0.338 e. The van der Waals surface area contributed by atoms with Crippen LogP contribution < -0.4 is 11.1 Å². The van der Waals surface area contributed by atoms with Crippen molar-refractivity contribution in [3.63, 3.8) is 0 Å². The van der Waals surface area contributed by atoms with Crippen molar-refractivity contribution in [2.75, 3.05) is 11.1 Å². The van der Waals surface area contributed by atoms with Crippen molar-refractivity contribution >= 4 is 34.8 Å². The molecule has 1 aromatic heterocycles. The minimum atomic E-state index is -1.08. The second kappa shape index (κ2) is 5.16. The number of carbonyl (C=O) groups is 1. The van der Waals surface area contributed by atoms with E-state index in [1.807, 2.05) is 19.1 Å². The molecule has 0 aliphatic rings. The van der Waals surface area contributed by atoms with E-state index in [9.17, 15) is 4.79 Å². The maximum atomic E-state index is 11.2. The van der Waals surface area contributed by atoms with E-state index in [1.54, 1.807) is 6.07 Å². The van der Waals surface area contributed by atoms with Gasteiger partial charge in [0.15, 0.2) is 0 Å². The highest BCUT2D eigenvalue weighted by atomic mass is 35.5. The van der Waals surface area contributed by atoms with Crippen molar-refractivity contribution in [1.29, 1.82) is 0 Å². The van der Waals surface area contributed by atoms with Gasteiger partial charge in [-0.25, -0.2) is 9.78 Å². The summed E-state index contributed by atoms with van der Waals surface area (Å²) < 4.78 is 0. The zero-order valence-electron chi connectivity index (χ0n) is 10.1. The van der Waals surface area contributed by atoms with Crippen LogP contribution in [0, 0.1) is 6.92 Å². The number of aryl methyl sites for hydroxylation is 1. The lowest BCUT2D eigenvalue weighted by Gasteiger charge is -2.13. The quantitative estimate of drug-likeness (QED) is 0.802. The van der Waals surface area contributed by atoms with Crippen LogP contribution in [0.15, 0.2) is 30.5 Å². The fraction of sp³-hybridized carbons (Fsp3) is 0.0769. The lowest BCUT2D eigenvalue weighted by atomic mass is 10.1. The zero-order valence-corrected chi connectivity index (χ0v) is 10.9. The minimum absolute atomic E-state index is 0.0480. The number of carboxylic acids is 1. The summed E-state index contributed by atoms with van der Waals surface area (Å²) >= 11 is 6.09. The number of nitrogen functional groups attached to an aromatic ring is 1. The fourth-order valence-electron chi connectivity index (χ4n) is 1.67. The third kappa shape index (κ3) is 2.77. The number of halogens is 1. The number of nitrogens with zero attached hydrogens (tertiary/aromatic N) is 1. The monoisotopic (exact) mass is 277 g/mol. The van der Waals surface area contributed by atoms with Gasteiger partial charge in [-0.15, -0.1) is 0 Å². The highest BCUT2D eigenvalue weighted by Gasteiger charge is 2.13. The molecule has 6 heteroatoms. The number of para-hydroxylation sites is 1. The average molecular weight is 278 g/mol. The lowest BCUT2D eigenvalue weighted by Crippen LogP contribution is -2.06. The van der Waals surface area contributed by atoms with Crippen LogP contribution in [0.25, 0.3) is 0 Å². The Morgan fingerprint density at radius 1 is 1.47 bits per heavy atom. The number of hydrogen-bond donors (Lipinski definition) is 3. The van der Waals surface area contributed by atoms with Gasteiger partial charge < -0.3 is 16.2 Å². The van der Waals surface area contributed by atoms with Gasteiger partial charge >= 0.3 is 5.97 Å². The number of nitrogens with two attached hydrogens (primary N) is 1. The molecule has 0 fully saturated rings. The highest BCUT2D eigenvalue weighted by molar-refractivity contribution is 6.33. The van der Waals surface area contributed by atoms with Crippen molar-refractivity contribution in [2.45, 2.75) is 6.92 Å². The topological polar surface area (TPSA) is 88.2 Å². The van der Waals surface area contributed by atoms with Gasteiger partial charge in [-0.3, -0.25) is 0 Å². The molecular weight excluding hydrogens is 266 g/mol. The molecule has 2 rings (SSSR count). The smallest absolute Gasteiger partial charge is 0.338 e. The van der Waals surface area contributed by atoms with Crippen molar-refractivity contribution < 1.29 is 9.90 Å². The van der Waals surface area contributed by atoms with E-state index in [0.717, 1.165) is 5.56 Å². The second-order valence-corrected chi connectivity index (χ2v) is 4.42. The van der Waals surface area contributed by atoms with E-state index in [4.69, 9.17) is 22.4 Å². The molecule has 0 unspecified atom stereocenters. The van der Waals surface area contributed by atoms with Crippen LogP contribution in [0.4, 0.5) is 17.2 Å². The Kier molecular flexibility index (Phi) is 3.57. The number of rotatable bonds is 3. The Bertz CT molecular complexity index is 624. The number of aromatic nitrogens is 1. The summed E-state index contributed by atoms with van der Waals surface area (Å²) in [5.74, 6) is -0.930. The van der Waals surface area contributed by atoms with Gasteiger partial charge in [0.1, 0.15) is 5.82 Å². The van der Waals surface area contributed by atoms with E-state index in [0.29, 0.717) is 16.4 Å². The predicted molar refractivity (Wildman–Crippen MR) is 75.1 cm³/mol. The van der Waals surface area contributed by atoms with Crippen molar-refractivity contribution in [1.82, 2.24) is 4.98 Å². The summed E-state index contributed by atoms with van der Waals surface area (Å²) in [7, 11) is 0. The molecule has 0 spiro atoms. The molecule has 0 saturated heterocycles. The van der Waals surface area contributed by atoms with Gasteiger partial charge in [-0.1, -0.05) is 23.7 Å². The summed E-state index contributed by atoms with van der Waals surface area (Å²) in [6.45, 7) is 1.87. The van der Waals surface area contributed by atoms with Crippen LogP contribution in [0.5, 0.6) is 0 Å². The van der Waals surface area contributed by atoms with Crippen LogP contribution in [0.3, 0.4) is 0 Å². The standard InChI is InChI=1S/C13H12ClN3O2/c1-7-3-2-4-9(14)12(7)17-10-6-16-11(15)5-8(10)13(18)19/h2-6,17H,1H3,(H2,15,16)(H,18,19). The molecule has 0 aliphatic carbocycles. The summed E-state index contributed by atoms with van der Waals surface area (Å²) in [6.07, 6.45) is 1.38. The first kappa shape index (κ1) is 13.2. The molecule has 0 bridgehead atoms. The Labute approximate surface area is 115 Å². The minimum Gasteiger partial charge on any atom is -0.478 e. The van der Waals surface area contributed by atoms with Crippen molar-refractivity contribution in [3.8, 4) is 0 Å². The van der Waals surface area contributed by atoms with Gasteiger partial charge in [0, 0.05) is 0 Å². The summed E-state index contributed by atoms with van der Waals surface area (Å²) in [6, 6.07) is 6.72. The fourth-order valence-corrected chi connectivity index (χ4v) is 1.94. The van der Waals surface area contributed by atoms with Crippen LogP contribution >= 0.6 is 11.6 Å². The first-order valence-corrected chi connectivity index (χ1v) is 5.88. The normalized spacial score (nSPS) is 10.2. The number of nitrogens with one attached hydrogen (secondary N) is 1. The van der Waals surface area contributed by atoms with Gasteiger partial charge in [-0.2, -0.15) is 0 Å². The van der Waals surface area contributed by atoms with Gasteiger partial charge in [0.2, 0.25) is 0 Å². The lowest BCUT2D eigenvalue weighted by molar-refractivity contribution is 0.0698. The highest BCUT2D eigenvalue weighted by Crippen LogP contribution is 2.30. The Hall–Kier alpha value is -2.27. The largest absolute Gasteiger partial charge is 0.478 e.